The fraction of sp³-hybridized carbons (Fsp3) is 0.278. The van der Waals surface area contributed by atoms with Gasteiger partial charge in [0.15, 0.2) is 11.5 Å². The summed E-state index contributed by atoms with van der Waals surface area (Å²) in [5.41, 5.74) is 0.809. The van der Waals surface area contributed by atoms with Crippen LogP contribution in [0.5, 0.6) is 17.2 Å². The van der Waals surface area contributed by atoms with Crippen LogP contribution in [0.25, 0.3) is 11.4 Å². The van der Waals surface area contributed by atoms with E-state index in [-0.39, 0.29) is 0 Å². The topological polar surface area (TPSA) is 71.3 Å². The third-order valence-electron chi connectivity index (χ3n) is 3.66. The smallest absolute Gasteiger partial charge is 0.205 e. The molecule has 3 rings (SSSR count). The molecular formula is C18H19ClN4O3. The molecule has 0 aliphatic heterocycles. The van der Waals surface area contributed by atoms with E-state index in [1.165, 1.54) is 0 Å². The van der Waals surface area contributed by atoms with E-state index >= 15 is 0 Å². The number of benzene rings is 2. The Labute approximate surface area is 156 Å². The molecule has 0 aliphatic carbocycles. The van der Waals surface area contributed by atoms with Crippen molar-refractivity contribution in [1.82, 2.24) is 20.2 Å². The van der Waals surface area contributed by atoms with Gasteiger partial charge in [0.25, 0.3) is 0 Å². The zero-order valence-corrected chi connectivity index (χ0v) is 15.3. The Balaban J connectivity index is 1.56. The Morgan fingerprint density at radius 1 is 1.04 bits per heavy atom. The Morgan fingerprint density at radius 3 is 2.65 bits per heavy atom. The maximum Gasteiger partial charge on any atom is 0.205 e. The molecule has 0 unspecified atom stereocenters. The van der Waals surface area contributed by atoms with E-state index in [0.29, 0.717) is 35.5 Å². The van der Waals surface area contributed by atoms with Gasteiger partial charge in [0, 0.05) is 17.0 Å². The van der Waals surface area contributed by atoms with Crippen LogP contribution in [0.15, 0.2) is 42.5 Å². The average molecular weight is 375 g/mol. The molecule has 1 heterocycles. The van der Waals surface area contributed by atoms with E-state index in [2.05, 4.69) is 15.4 Å². The van der Waals surface area contributed by atoms with E-state index in [9.17, 15) is 0 Å². The van der Waals surface area contributed by atoms with E-state index in [0.717, 1.165) is 17.7 Å². The first kappa shape index (κ1) is 18.0. The highest BCUT2D eigenvalue weighted by Gasteiger charge is 2.10. The third kappa shape index (κ3) is 4.43. The van der Waals surface area contributed by atoms with Crippen LogP contribution in [0.3, 0.4) is 0 Å². The van der Waals surface area contributed by atoms with E-state index in [4.69, 9.17) is 25.8 Å². The molecule has 136 valence electrons. The monoisotopic (exact) mass is 374 g/mol. The van der Waals surface area contributed by atoms with Crippen LogP contribution in [-0.2, 0) is 6.54 Å². The maximum absolute atomic E-state index is 5.93. The zero-order valence-electron chi connectivity index (χ0n) is 14.6. The number of methoxy groups -OCH3 is 2. The summed E-state index contributed by atoms with van der Waals surface area (Å²) in [6, 6.07) is 12.8. The summed E-state index contributed by atoms with van der Waals surface area (Å²) in [4.78, 5) is 1.55. The van der Waals surface area contributed by atoms with Gasteiger partial charge >= 0.3 is 0 Å². The summed E-state index contributed by atoms with van der Waals surface area (Å²) in [7, 11) is 3.18. The van der Waals surface area contributed by atoms with Gasteiger partial charge in [-0.1, -0.05) is 17.7 Å². The van der Waals surface area contributed by atoms with Crippen molar-refractivity contribution in [2.75, 3.05) is 20.8 Å². The van der Waals surface area contributed by atoms with E-state index < -0.39 is 0 Å². The first-order valence-corrected chi connectivity index (χ1v) is 8.46. The minimum absolute atomic E-state index is 0.529. The van der Waals surface area contributed by atoms with Gasteiger partial charge in [-0.2, -0.15) is 4.80 Å². The number of rotatable bonds is 8. The summed E-state index contributed by atoms with van der Waals surface area (Å²) in [5.74, 6) is 2.55. The minimum atomic E-state index is 0.529. The number of halogens is 1. The number of hydrogen-bond acceptors (Lipinski definition) is 6. The third-order valence-corrected chi connectivity index (χ3v) is 3.90. The molecule has 3 aromatic rings. The van der Waals surface area contributed by atoms with Crippen molar-refractivity contribution in [3.63, 3.8) is 0 Å². The molecule has 0 saturated carbocycles. The highest BCUT2D eigenvalue weighted by Crippen LogP contribution is 2.30. The number of aromatic nitrogens is 4. The number of aryl methyl sites for hydroxylation is 1. The molecule has 2 aromatic carbocycles. The van der Waals surface area contributed by atoms with Gasteiger partial charge in [-0.3, -0.25) is 0 Å². The lowest BCUT2D eigenvalue weighted by Crippen LogP contribution is -2.07. The van der Waals surface area contributed by atoms with Crippen molar-refractivity contribution in [2.45, 2.75) is 13.0 Å². The van der Waals surface area contributed by atoms with Gasteiger partial charge in [0.05, 0.1) is 27.4 Å². The number of nitrogens with zero attached hydrogens (tertiary/aromatic N) is 4. The van der Waals surface area contributed by atoms with Gasteiger partial charge in [0.2, 0.25) is 5.82 Å². The maximum atomic E-state index is 5.93. The Bertz CT molecular complexity index is 869. The molecule has 0 atom stereocenters. The molecule has 0 saturated heterocycles. The molecule has 0 amide bonds. The first-order valence-electron chi connectivity index (χ1n) is 8.08. The van der Waals surface area contributed by atoms with Crippen LogP contribution in [0.1, 0.15) is 6.42 Å². The molecule has 0 radical (unpaired) electrons. The molecule has 26 heavy (non-hydrogen) atoms. The lowest BCUT2D eigenvalue weighted by Gasteiger charge is -2.07. The van der Waals surface area contributed by atoms with Gasteiger partial charge in [0.1, 0.15) is 5.75 Å². The predicted molar refractivity (Wildman–Crippen MR) is 97.9 cm³/mol. The minimum Gasteiger partial charge on any atom is -0.493 e. The normalized spacial score (nSPS) is 10.6. The van der Waals surface area contributed by atoms with Crippen molar-refractivity contribution in [3.8, 4) is 28.6 Å². The van der Waals surface area contributed by atoms with Gasteiger partial charge in [-0.25, -0.2) is 0 Å². The molecule has 0 aliphatic rings. The first-order chi connectivity index (χ1) is 12.7. The molecule has 0 spiro atoms. The van der Waals surface area contributed by atoms with Crippen molar-refractivity contribution < 1.29 is 14.2 Å². The summed E-state index contributed by atoms with van der Waals surface area (Å²) >= 11 is 5.93. The van der Waals surface area contributed by atoms with Crippen molar-refractivity contribution in [1.29, 1.82) is 0 Å². The molecule has 0 N–H and O–H groups in total. The van der Waals surface area contributed by atoms with Crippen LogP contribution in [-0.4, -0.2) is 41.0 Å². The molecule has 0 bridgehead atoms. The molecule has 1 aromatic heterocycles. The highest BCUT2D eigenvalue weighted by atomic mass is 35.5. The average Bonchev–Trinajstić information content (AvgIpc) is 3.13. The second-order valence-corrected chi connectivity index (χ2v) is 5.87. The second-order valence-electron chi connectivity index (χ2n) is 5.44. The fourth-order valence-corrected chi connectivity index (χ4v) is 2.56. The standard InChI is InChI=1S/C18H19ClN4O3/c1-24-16-8-7-13(11-17(16)25-2)18-20-22-23(21-18)9-4-10-26-15-6-3-5-14(19)12-15/h3,5-8,11-12H,4,9-10H2,1-2H3. The van der Waals surface area contributed by atoms with Gasteiger partial charge < -0.3 is 14.2 Å². The van der Waals surface area contributed by atoms with Crippen LogP contribution >= 0.6 is 11.6 Å². The summed E-state index contributed by atoms with van der Waals surface area (Å²) in [6.45, 7) is 1.13. The number of hydrogen-bond donors (Lipinski definition) is 0. The van der Waals surface area contributed by atoms with Crippen molar-refractivity contribution in [3.05, 3.63) is 47.5 Å². The molecule has 0 fully saturated rings. The van der Waals surface area contributed by atoms with Crippen molar-refractivity contribution in [2.24, 2.45) is 0 Å². The number of ether oxygens (including phenoxy) is 3. The summed E-state index contributed by atoms with van der Waals surface area (Å²) < 4.78 is 16.2. The van der Waals surface area contributed by atoms with Crippen molar-refractivity contribution >= 4 is 11.6 Å². The summed E-state index contributed by atoms with van der Waals surface area (Å²) in [5, 5.41) is 13.2. The number of tetrazole rings is 1. The summed E-state index contributed by atoms with van der Waals surface area (Å²) in [6.07, 6.45) is 0.744. The lowest BCUT2D eigenvalue weighted by atomic mass is 10.2. The predicted octanol–water partition coefficient (Wildman–Crippen LogP) is 3.48. The quantitative estimate of drug-likeness (QED) is 0.562. The van der Waals surface area contributed by atoms with Crippen LogP contribution < -0.4 is 14.2 Å². The van der Waals surface area contributed by atoms with Gasteiger partial charge in [-0.05, 0) is 41.6 Å². The fourth-order valence-electron chi connectivity index (χ4n) is 2.38. The zero-order chi connectivity index (χ0) is 18.4. The molecule has 7 nitrogen and oxygen atoms in total. The molecule has 8 heteroatoms. The SMILES string of the molecule is COc1ccc(-c2nnn(CCCOc3cccc(Cl)c3)n2)cc1OC. The Kier molecular flexibility index (Phi) is 5.91. The molecular weight excluding hydrogens is 356 g/mol. The second kappa shape index (κ2) is 8.53. The Morgan fingerprint density at radius 2 is 1.88 bits per heavy atom. The lowest BCUT2D eigenvalue weighted by molar-refractivity contribution is 0.293. The van der Waals surface area contributed by atoms with Gasteiger partial charge in [-0.15, -0.1) is 10.2 Å². The van der Waals surface area contributed by atoms with Crippen LogP contribution in [0, 0.1) is 0 Å². The van der Waals surface area contributed by atoms with E-state index in [1.807, 2.05) is 36.4 Å². The largest absolute Gasteiger partial charge is 0.493 e. The Hall–Kier alpha value is -2.80. The highest BCUT2D eigenvalue weighted by molar-refractivity contribution is 6.30. The van der Waals surface area contributed by atoms with Crippen LogP contribution in [0.4, 0.5) is 0 Å². The van der Waals surface area contributed by atoms with E-state index in [1.54, 1.807) is 25.1 Å². The van der Waals surface area contributed by atoms with Crippen LogP contribution in [0.2, 0.25) is 5.02 Å².